The molecule has 0 unspecified atom stereocenters. The number of carbonyl (C=O) groups excluding carboxylic acids is 2. The molecule has 0 saturated carbocycles. The molecule has 5 nitrogen and oxygen atoms in total. The van der Waals surface area contributed by atoms with Gasteiger partial charge in [0.2, 0.25) is 11.8 Å². The average Bonchev–Trinajstić information content (AvgIpc) is 2.70. The summed E-state index contributed by atoms with van der Waals surface area (Å²) < 4.78 is 13.0. The van der Waals surface area contributed by atoms with Crippen LogP contribution in [0.4, 0.5) is 4.39 Å². The number of pyridine rings is 1. The van der Waals surface area contributed by atoms with Gasteiger partial charge in [0, 0.05) is 39.1 Å². The highest BCUT2D eigenvalue weighted by Gasteiger charge is 2.30. The Morgan fingerprint density at radius 3 is 2.56 bits per heavy atom. The van der Waals surface area contributed by atoms with Crippen LogP contribution >= 0.6 is 0 Å². The predicted octanol–water partition coefficient (Wildman–Crippen LogP) is 2.66. The molecule has 2 heterocycles. The molecule has 1 aromatic heterocycles. The molecule has 27 heavy (non-hydrogen) atoms. The van der Waals surface area contributed by atoms with Crippen LogP contribution in [-0.4, -0.2) is 46.7 Å². The Labute approximate surface area is 158 Å². The van der Waals surface area contributed by atoms with Crippen molar-refractivity contribution in [1.82, 2.24) is 14.8 Å². The molecule has 1 aliphatic rings. The van der Waals surface area contributed by atoms with E-state index in [9.17, 15) is 14.0 Å². The standard InChI is InChI=1S/C21H24FN3O2/c1-24(14-17-8-10-23-11-9-17)21(27)18-3-2-12-25(15-18)20(26)13-16-4-6-19(22)7-5-16/h4-11,18H,2-3,12-15H2,1H3/t18-/m0/s1. The van der Waals surface area contributed by atoms with Gasteiger partial charge in [-0.05, 0) is 48.2 Å². The van der Waals surface area contributed by atoms with Crippen molar-refractivity contribution in [2.75, 3.05) is 20.1 Å². The molecule has 2 aromatic rings. The Bertz CT molecular complexity index is 780. The van der Waals surface area contributed by atoms with E-state index in [0.29, 0.717) is 19.6 Å². The molecule has 1 fully saturated rings. The maximum absolute atomic E-state index is 13.0. The molecule has 1 aromatic carbocycles. The summed E-state index contributed by atoms with van der Waals surface area (Å²) in [4.78, 5) is 32.8. The van der Waals surface area contributed by atoms with Gasteiger partial charge in [-0.15, -0.1) is 0 Å². The first-order chi connectivity index (χ1) is 13.0. The molecule has 142 valence electrons. The number of piperidine rings is 1. The van der Waals surface area contributed by atoms with Crippen LogP contribution in [0.15, 0.2) is 48.8 Å². The van der Waals surface area contributed by atoms with Crippen LogP contribution in [0.1, 0.15) is 24.0 Å². The number of aromatic nitrogens is 1. The van der Waals surface area contributed by atoms with E-state index < -0.39 is 0 Å². The lowest BCUT2D eigenvalue weighted by Crippen LogP contribution is -2.46. The van der Waals surface area contributed by atoms with E-state index >= 15 is 0 Å². The third-order valence-electron chi connectivity index (χ3n) is 4.94. The van der Waals surface area contributed by atoms with Crippen LogP contribution < -0.4 is 0 Å². The monoisotopic (exact) mass is 369 g/mol. The van der Waals surface area contributed by atoms with Crippen LogP contribution in [0.25, 0.3) is 0 Å². The van der Waals surface area contributed by atoms with Gasteiger partial charge in [0.05, 0.1) is 12.3 Å². The second kappa shape index (κ2) is 8.75. The second-order valence-corrected chi connectivity index (χ2v) is 7.03. The predicted molar refractivity (Wildman–Crippen MR) is 100 cm³/mol. The van der Waals surface area contributed by atoms with Gasteiger partial charge < -0.3 is 9.80 Å². The Morgan fingerprint density at radius 1 is 1.15 bits per heavy atom. The van der Waals surface area contributed by atoms with Gasteiger partial charge >= 0.3 is 0 Å². The van der Waals surface area contributed by atoms with E-state index in [2.05, 4.69) is 4.98 Å². The van der Waals surface area contributed by atoms with Gasteiger partial charge in [0.25, 0.3) is 0 Å². The molecular formula is C21H24FN3O2. The lowest BCUT2D eigenvalue weighted by atomic mass is 9.96. The lowest BCUT2D eigenvalue weighted by Gasteiger charge is -2.34. The number of carbonyl (C=O) groups is 2. The van der Waals surface area contributed by atoms with Crippen LogP contribution in [0.5, 0.6) is 0 Å². The number of hydrogen-bond acceptors (Lipinski definition) is 3. The molecule has 1 saturated heterocycles. The summed E-state index contributed by atoms with van der Waals surface area (Å²) in [5.41, 5.74) is 1.81. The highest BCUT2D eigenvalue weighted by atomic mass is 19.1. The van der Waals surface area contributed by atoms with Crippen molar-refractivity contribution in [1.29, 1.82) is 0 Å². The third kappa shape index (κ3) is 5.12. The topological polar surface area (TPSA) is 53.5 Å². The minimum Gasteiger partial charge on any atom is -0.342 e. The first kappa shape index (κ1) is 19.0. The SMILES string of the molecule is CN(Cc1ccncc1)C(=O)[C@H]1CCCN(C(=O)Cc2ccc(F)cc2)C1. The van der Waals surface area contributed by atoms with Crippen molar-refractivity contribution in [3.05, 3.63) is 65.7 Å². The van der Waals surface area contributed by atoms with E-state index in [1.165, 1.54) is 12.1 Å². The summed E-state index contributed by atoms with van der Waals surface area (Å²) in [7, 11) is 1.79. The highest BCUT2D eigenvalue weighted by Crippen LogP contribution is 2.20. The van der Waals surface area contributed by atoms with Crippen molar-refractivity contribution in [2.24, 2.45) is 5.92 Å². The van der Waals surface area contributed by atoms with E-state index in [1.54, 1.807) is 41.4 Å². The quantitative estimate of drug-likeness (QED) is 0.814. The zero-order chi connectivity index (χ0) is 19.2. The molecular weight excluding hydrogens is 345 g/mol. The number of rotatable bonds is 5. The van der Waals surface area contributed by atoms with Crippen LogP contribution in [-0.2, 0) is 22.6 Å². The molecule has 3 rings (SSSR count). The van der Waals surface area contributed by atoms with E-state index in [0.717, 1.165) is 24.0 Å². The Morgan fingerprint density at radius 2 is 1.85 bits per heavy atom. The molecule has 1 atom stereocenters. The molecule has 0 bridgehead atoms. The summed E-state index contributed by atoms with van der Waals surface area (Å²) in [6, 6.07) is 9.76. The maximum Gasteiger partial charge on any atom is 0.227 e. The van der Waals surface area contributed by atoms with Crippen molar-refractivity contribution >= 4 is 11.8 Å². The van der Waals surface area contributed by atoms with Gasteiger partial charge in [0.15, 0.2) is 0 Å². The van der Waals surface area contributed by atoms with Crippen molar-refractivity contribution in [3.63, 3.8) is 0 Å². The summed E-state index contributed by atoms with van der Waals surface area (Å²) in [5, 5.41) is 0. The first-order valence-corrected chi connectivity index (χ1v) is 9.19. The molecule has 0 radical (unpaired) electrons. The molecule has 0 aliphatic carbocycles. The van der Waals surface area contributed by atoms with E-state index in [4.69, 9.17) is 0 Å². The highest BCUT2D eigenvalue weighted by molar-refractivity contribution is 5.82. The van der Waals surface area contributed by atoms with Gasteiger partial charge in [-0.1, -0.05) is 12.1 Å². The minimum absolute atomic E-state index is 0.0177. The first-order valence-electron chi connectivity index (χ1n) is 9.19. The summed E-state index contributed by atoms with van der Waals surface area (Å²) in [6.45, 7) is 1.64. The molecule has 2 amide bonds. The molecule has 6 heteroatoms. The van der Waals surface area contributed by atoms with Crippen molar-refractivity contribution < 1.29 is 14.0 Å². The number of hydrogen-bond donors (Lipinski definition) is 0. The minimum atomic E-state index is -0.313. The van der Waals surface area contributed by atoms with Crippen molar-refractivity contribution in [3.8, 4) is 0 Å². The Kier molecular flexibility index (Phi) is 6.16. The molecule has 0 spiro atoms. The maximum atomic E-state index is 13.0. The largest absolute Gasteiger partial charge is 0.342 e. The van der Waals surface area contributed by atoms with Crippen LogP contribution in [0.2, 0.25) is 0 Å². The molecule has 0 N–H and O–H groups in total. The van der Waals surface area contributed by atoms with Gasteiger partial charge in [-0.2, -0.15) is 0 Å². The third-order valence-corrected chi connectivity index (χ3v) is 4.94. The number of likely N-dealkylation sites (tertiary alicyclic amines) is 1. The average molecular weight is 369 g/mol. The number of benzene rings is 1. The fourth-order valence-corrected chi connectivity index (χ4v) is 3.45. The smallest absolute Gasteiger partial charge is 0.227 e. The van der Waals surface area contributed by atoms with E-state index in [1.807, 2.05) is 12.1 Å². The fourth-order valence-electron chi connectivity index (χ4n) is 3.45. The summed E-state index contributed by atoms with van der Waals surface area (Å²) >= 11 is 0. The van der Waals surface area contributed by atoms with Crippen LogP contribution in [0.3, 0.4) is 0 Å². The second-order valence-electron chi connectivity index (χ2n) is 7.03. The lowest BCUT2D eigenvalue weighted by molar-refractivity contribution is -0.140. The van der Waals surface area contributed by atoms with Gasteiger partial charge in [-0.3, -0.25) is 14.6 Å². The van der Waals surface area contributed by atoms with Gasteiger partial charge in [-0.25, -0.2) is 4.39 Å². The number of amides is 2. The zero-order valence-corrected chi connectivity index (χ0v) is 15.5. The Balaban J connectivity index is 1.57. The normalized spacial score (nSPS) is 16.8. The number of halogens is 1. The van der Waals surface area contributed by atoms with Crippen molar-refractivity contribution in [2.45, 2.75) is 25.8 Å². The van der Waals surface area contributed by atoms with Gasteiger partial charge in [0.1, 0.15) is 5.82 Å². The fraction of sp³-hybridized carbons (Fsp3) is 0.381. The molecule has 1 aliphatic heterocycles. The Hall–Kier alpha value is -2.76. The van der Waals surface area contributed by atoms with Crippen LogP contribution in [0, 0.1) is 11.7 Å². The van der Waals surface area contributed by atoms with E-state index in [-0.39, 0.29) is 30.0 Å². The summed E-state index contributed by atoms with van der Waals surface area (Å²) in [5.74, 6) is -0.447. The summed E-state index contributed by atoms with van der Waals surface area (Å²) in [6.07, 6.45) is 5.26. The number of nitrogens with zero attached hydrogens (tertiary/aromatic N) is 3. The zero-order valence-electron chi connectivity index (χ0n) is 15.5.